The lowest BCUT2D eigenvalue weighted by molar-refractivity contribution is -0.122. The number of aryl methyl sites for hydroxylation is 2. The van der Waals surface area contributed by atoms with Gasteiger partial charge in [-0.3, -0.25) is 14.7 Å². The van der Waals surface area contributed by atoms with Gasteiger partial charge in [0.1, 0.15) is 0 Å². The number of aromatic nitrogens is 2. The van der Waals surface area contributed by atoms with Gasteiger partial charge < -0.3 is 5.32 Å². The summed E-state index contributed by atoms with van der Waals surface area (Å²) in [5.74, 6) is -0.01000. The Morgan fingerprint density at radius 1 is 1.28 bits per heavy atom. The number of amides is 1. The molecule has 2 N–H and O–H groups in total. The van der Waals surface area contributed by atoms with Crippen molar-refractivity contribution >= 4 is 5.91 Å². The average Bonchev–Trinajstić information content (AvgIpc) is 3.08. The molecule has 0 unspecified atom stereocenters. The first-order chi connectivity index (χ1) is 12.0. The van der Waals surface area contributed by atoms with Crippen LogP contribution in [-0.2, 0) is 11.3 Å². The van der Waals surface area contributed by atoms with Crippen molar-refractivity contribution in [1.29, 1.82) is 0 Å². The summed E-state index contributed by atoms with van der Waals surface area (Å²) < 4.78 is 1.59. The fourth-order valence-electron chi connectivity index (χ4n) is 3.36. The molecule has 1 amide bonds. The summed E-state index contributed by atoms with van der Waals surface area (Å²) in [4.78, 5) is 28.2. The van der Waals surface area contributed by atoms with Crippen LogP contribution < -0.4 is 16.3 Å². The number of rotatable bonds is 5. The summed E-state index contributed by atoms with van der Waals surface area (Å²) >= 11 is 0. The minimum Gasteiger partial charge on any atom is -0.353 e. The molecule has 2 atom stereocenters. The average molecular weight is 340 g/mol. The molecule has 0 aliphatic carbocycles. The molecule has 2 aromatic rings. The van der Waals surface area contributed by atoms with Crippen molar-refractivity contribution in [1.82, 2.24) is 20.2 Å². The monoisotopic (exact) mass is 340 g/mol. The second-order valence-electron chi connectivity index (χ2n) is 6.52. The molecule has 1 aromatic carbocycles. The van der Waals surface area contributed by atoms with E-state index in [1.54, 1.807) is 11.5 Å². The highest BCUT2D eigenvalue weighted by Crippen LogP contribution is 2.26. The van der Waals surface area contributed by atoms with Crippen molar-refractivity contribution < 1.29 is 4.79 Å². The van der Waals surface area contributed by atoms with E-state index in [2.05, 4.69) is 27.8 Å². The van der Waals surface area contributed by atoms with Crippen LogP contribution in [0.2, 0.25) is 0 Å². The number of hydrogen-bond donors (Lipinski definition) is 2. The fraction of sp³-hybridized carbons (Fsp3) is 0.421. The van der Waals surface area contributed by atoms with Crippen LogP contribution in [0, 0.1) is 13.8 Å². The van der Waals surface area contributed by atoms with Gasteiger partial charge in [-0.15, -0.1) is 0 Å². The lowest BCUT2D eigenvalue weighted by Crippen LogP contribution is -2.42. The third kappa shape index (κ3) is 4.14. The molecule has 1 saturated heterocycles. The minimum atomic E-state index is -0.269. The molecular formula is C19H24N4O2. The third-order valence-electron chi connectivity index (χ3n) is 4.65. The molecule has 0 saturated carbocycles. The van der Waals surface area contributed by atoms with Gasteiger partial charge in [-0.2, -0.15) is 4.98 Å². The molecule has 0 spiro atoms. The Balaban J connectivity index is 1.52. The Hall–Kier alpha value is -2.47. The van der Waals surface area contributed by atoms with E-state index in [0.717, 1.165) is 18.5 Å². The van der Waals surface area contributed by atoms with E-state index >= 15 is 0 Å². The number of benzene rings is 1. The maximum absolute atomic E-state index is 12.4. The first-order valence-electron chi connectivity index (χ1n) is 8.68. The zero-order valence-electron chi connectivity index (χ0n) is 14.7. The van der Waals surface area contributed by atoms with Crippen molar-refractivity contribution in [2.75, 3.05) is 6.54 Å². The van der Waals surface area contributed by atoms with E-state index < -0.39 is 0 Å². The quantitative estimate of drug-likeness (QED) is 0.864. The Labute approximate surface area is 147 Å². The molecule has 0 radical (unpaired) electrons. The Morgan fingerprint density at radius 2 is 2.04 bits per heavy atom. The van der Waals surface area contributed by atoms with Gasteiger partial charge in [-0.25, -0.2) is 4.79 Å². The largest absolute Gasteiger partial charge is 0.353 e. The van der Waals surface area contributed by atoms with Crippen molar-refractivity contribution in [2.45, 2.75) is 45.3 Å². The van der Waals surface area contributed by atoms with E-state index in [1.807, 2.05) is 31.2 Å². The SMILES string of the molecule is Cc1cc(C)n(CCNC(=O)[C@H]2CC[C@H](c3ccccc3)N2)c(=O)n1. The predicted octanol–water partition coefficient (Wildman–Crippen LogP) is 1.47. The fourth-order valence-corrected chi connectivity index (χ4v) is 3.36. The lowest BCUT2D eigenvalue weighted by atomic mass is 10.1. The van der Waals surface area contributed by atoms with Gasteiger partial charge in [0.15, 0.2) is 0 Å². The summed E-state index contributed by atoms with van der Waals surface area (Å²) in [6.45, 7) is 4.52. The smallest absolute Gasteiger partial charge is 0.348 e. The van der Waals surface area contributed by atoms with Crippen LogP contribution in [0.5, 0.6) is 0 Å². The molecule has 6 nitrogen and oxygen atoms in total. The molecular weight excluding hydrogens is 316 g/mol. The number of hydrogen-bond acceptors (Lipinski definition) is 4. The Kier molecular flexibility index (Phi) is 5.28. The number of carbonyl (C=O) groups is 1. The van der Waals surface area contributed by atoms with Gasteiger partial charge >= 0.3 is 5.69 Å². The maximum Gasteiger partial charge on any atom is 0.348 e. The first-order valence-corrected chi connectivity index (χ1v) is 8.68. The van der Waals surface area contributed by atoms with Gasteiger partial charge in [-0.1, -0.05) is 30.3 Å². The van der Waals surface area contributed by atoms with Crippen LogP contribution in [0.4, 0.5) is 0 Å². The number of carbonyl (C=O) groups excluding carboxylic acids is 1. The molecule has 1 aliphatic rings. The predicted molar refractivity (Wildman–Crippen MR) is 96.3 cm³/mol. The standard InChI is InChI=1S/C19H24N4O2/c1-13-12-14(2)23(19(25)21-13)11-10-20-18(24)17-9-8-16(22-17)15-6-4-3-5-7-15/h3-7,12,16-17,22H,8-11H2,1-2H3,(H,20,24)/t16-,17-/m1/s1. The molecule has 25 heavy (non-hydrogen) atoms. The van der Waals surface area contributed by atoms with Crippen molar-refractivity contribution in [2.24, 2.45) is 0 Å². The van der Waals surface area contributed by atoms with Crippen LogP contribution >= 0.6 is 0 Å². The van der Waals surface area contributed by atoms with E-state index in [9.17, 15) is 9.59 Å². The van der Waals surface area contributed by atoms with Gasteiger partial charge in [0.25, 0.3) is 0 Å². The topological polar surface area (TPSA) is 76.0 Å². The van der Waals surface area contributed by atoms with Crippen LogP contribution in [0.3, 0.4) is 0 Å². The maximum atomic E-state index is 12.4. The van der Waals surface area contributed by atoms with Crippen molar-refractivity contribution in [3.05, 3.63) is 63.8 Å². The van der Waals surface area contributed by atoms with E-state index in [0.29, 0.717) is 18.8 Å². The molecule has 6 heteroatoms. The van der Waals surface area contributed by atoms with Crippen LogP contribution in [0.25, 0.3) is 0 Å². The van der Waals surface area contributed by atoms with Gasteiger partial charge in [-0.05, 0) is 38.3 Å². The molecule has 1 fully saturated rings. The minimum absolute atomic E-state index is 0.01000. The number of nitrogens with zero attached hydrogens (tertiary/aromatic N) is 2. The third-order valence-corrected chi connectivity index (χ3v) is 4.65. The molecule has 0 bridgehead atoms. The highest BCUT2D eigenvalue weighted by molar-refractivity contribution is 5.82. The number of nitrogens with one attached hydrogen (secondary N) is 2. The molecule has 132 valence electrons. The highest BCUT2D eigenvalue weighted by Gasteiger charge is 2.29. The van der Waals surface area contributed by atoms with Gasteiger partial charge in [0, 0.05) is 30.5 Å². The van der Waals surface area contributed by atoms with Gasteiger partial charge in [0.2, 0.25) is 5.91 Å². The zero-order valence-corrected chi connectivity index (χ0v) is 14.7. The van der Waals surface area contributed by atoms with Gasteiger partial charge in [0.05, 0.1) is 6.04 Å². The summed E-state index contributed by atoms with van der Waals surface area (Å²) in [7, 11) is 0. The molecule has 3 rings (SSSR count). The second kappa shape index (κ2) is 7.61. The zero-order chi connectivity index (χ0) is 17.8. The summed E-state index contributed by atoms with van der Waals surface area (Å²) in [6, 6.07) is 12.1. The highest BCUT2D eigenvalue weighted by atomic mass is 16.2. The summed E-state index contributed by atoms with van der Waals surface area (Å²) in [6.07, 6.45) is 1.76. The first kappa shape index (κ1) is 17.4. The van der Waals surface area contributed by atoms with Crippen LogP contribution in [0.15, 0.2) is 41.2 Å². The molecule has 1 aromatic heterocycles. The van der Waals surface area contributed by atoms with Crippen LogP contribution in [-0.4, -0.2) is 28.0 Å². The molecule has 2 heterocycles. The summed E-state index contributed by atoms with van der Waals surface area (Å²) in [5.41, 5.74) is 2.51. The summed E-state index contributed by atoms with van der Waals surface area (Å²) in [5, 5.41) is 6.32. The normalized spacial score (nSPS) is 19.8. The Bertz CT molecular complexity index is 801. The second-order valence-corrected chi connectivity index (χ2v) is 6.52. The Morgan fingerprint density at radius 3 is 2.76 bits per heavy atom. The molecule has 1 aliphatic heterocycles. The van der Waals surface area contributed by atoms with Crippen LogP contribution in [0.1, 0.15) is 35.8 Å². The van der Waals surface area contributed by atoms with E-state index in [-0.39, 0.29) is 23.7 Å². The lowest BCUT2D eigenvalue weighted by Gasteiger charge is -2.15. The van der Waals surface area contributed by atoms with E-state index in [1.165, 1.54) is 5.56 Å². The van der Waals surface area contributed by atoms with E-state index in [4.69, 9.17) is 0 Å². The van der Waals surface area contributed by atoms with Crippen molar-refractivity contribution in [3.8, 4) is 0 Å². The van der Waals surface area contributed by atoms with Crippen molar-refractivity contribution in [3.63, 3.8) is 0 Å².